The first-order valence-electron chi connectivity index (χ1n) is 7.19. The van der Waals surface area contributed by atoms with Crippen molar-refractivity contribution < 1.29 is 0 Å². The van der Waals surface area contributed by atoms with E-state index in [0.717, 1.165) is 32.5 Å². The number of nitrogens with one attached hydrogen (secondary N) is 1. The molecule has 1 saturated heterocycles. The molecule has 0 saturated carbocycles. The van der Waals surface area contributed by atoms with E-state index in [9.17, 15) is 4.79 Å². The van der Waals surface area contributed by atoms with Gasteiger partial charge in [-0.3, -0.25) is 4.79 Å². The van der Waals surface area contributed by atoms with Gasteiger partial charge in [-0.05, 0) is 33.2 Å². The second-order valence-electron chi connectivity index (χ2n) is 5.38. The van der Waals surface area contributed by atoms with E-state index in [1.165, 1.54) is 0 Å². The minimum absolute atomic E-state index is 0.0272. The van der Waals surface area contributed by atoms with E-state index in [1.807, 2.05) is 13.8 Å². The molecule has 0 radical (unpaired) electrons. The normalized spacial score (nSPS) is 17.2. The van der Waals surface area contributed by atoms with Crippen LogP contribution in [-0.4, -0.2) is 35.2 Å². The van der Waals surface area contributed by atoms with Gasteiger partial charge in [-0.15, -0.1) is 0 Å². The first-order chi connectivity index (χ1) is 9.13. The average molecular weight is 264 g/mol. The Hall–Kier alpha value is -1.36. The van der Waals surface area contributed by atoms with Crippen molar-refractivity contribution in [3.63, 3.8) is 0 Å². The van der Waals surface area contributed by atoms with Crippen LogP contribution < -0.4 is 15.8 Å². The largest absolute Gasteiger partial charge is 0.352 e. The number of nitrogens with zero attached hydrogens (tertiary/aromatic N) is 3. The molecule has 0 aliphatic carbocycles. The molecular weight excluding hydrogens is 240 g/mol. The molecule has 0 amide bonds. The lowest BCUT2D eigenvalue weighted by Crippen LogP contribution is -2.45. The molecule has 106 valence electrons. The molecule has 0 unspecified atom stereocenters. The lowest BCUT2D eigenvalue weighted by Gasteiger charge is -2.32. The van der Waals surface area contributed by atoms with Gasteiger partial charge in [0.2, 0.25) is 0 Å². The Bertz CT molecular complexity index is 461. The minimum atomic E-state index is 0.0272. The van der Waals surface area contributed by atoms with Gasteiger partial charge in [0.15, 0.2) is 5.82 Å². The van der Waals surface area contributed by atoms with Gasteiger partial charge in [-0.25, -0.2) is 4.98 Å². The van der Waals surface area contributed by atoms with Crippen molar-refractivity contribution in [1.82, 2.24) is 14.9 Å². The molecule has 1 aliphatic heterocycles. The third-order valence-corrected chi connectivity index (χ3v) is 3.69. The highest BCUT2D eigenvalue weighted by Gasteiger charge is 2.21. The number of piperidine rings is 1. The zero-order valence-corrected chi connectivity index (χ0v) is 12.1. The number of rotatable bonds is 4. The van der Waals surface area contributed by atoms with Gasteiger partial charge >= 0.3 is 0 Å². The van der Waals surface area contributed by atoms with Crippen LogP contribution in [0.2, 0.25) is 0 Å². The molecule has 0 bridgehead atoms. The Balaban J connectivity index is 2.12. The van der Waals surface area contributed by atoms with Gasteiger partial charge in [0, 0.05) is 37.6 Å². The Morgan fingerprint density at radius 2 is 2.11 bits per heavy atom. The first-order valence-corrected chi connectivity index (χ1v) is 7.19. The fraction of sp³-hybridized carbons (Fsp3) is 0.714. The van der Waals surface area contributed by atoms with E-state index in [0.29, 0.717) is 11.9 Å². The Morgan fingerprint density at radius 3 is 2.68 bits per heavy atom. The molecule has 19 heavy (non-hydrogen) atoms. The van der Waals surface area contributed by atoms with E-state index < -0.39 is 0 Å². The fourth-order valence-corrected chi connectivity index (χ4v) is 2.62. The van der Waals surface area contributed by atoms with E-state index in [4.69, 9.17) is 0 Å². The predicted octanol–water partition coefficient (Wildman–Crippen LogP) is 1.40. The third-order valence-electron chi connectivity index (χ3n) is 3.69. The van der Waals surface area contributed by atoms with Gasteiger partial charge in [0.1, 0.15) is 0 Å². The summed E-state index contributed by atoms with van der Waals surface area (Å²) in [6.07, 6.45) is 5.64. The second-order valence-corrected chi connectivity index (χ2v) is 5.38. The molecule has 1 aliphatic rings. The minimum Gasteiger partial charge on any atom is -0.352 e. The second kappa shape index (κ2) is 6.19. The van der Waals surface area contributed by atoms with Crippen molar-refractivity contribution in [3.8, 4) is 0 Å². The lowest BCUT2D eigenvalue weighted by atomic mass is 10.1. The lowest BCUT2D eigenvalue weighted by molar-refractivity contribution is 0.420. The van der Waals surface area contributed by atoms with Crippen LogP contribution in [0.3, 0.4) is 0 Å². The highest BCUT2D eigenvalue weighted by atomic mass is 16.1. The van der Waals surface area contributed by atoms with Crippen molar-refractivity contribution >= 4 is 5.82 Å². The molecule has 5 nitrogen and oxygen atoms in total. The number of anilines is 1. The molecule has 1 fully saturated rings. The Kier molecular flexibility index (Phi) is 4.58. The van der Waals surface area contributed by atoms with Crippen LogP contribution >= 0.6 is 0 Å². The van der Waals surface area contributed by atoms with E-state index in [-0.39, 0.29) is 11.6 Å². The zero-order chi connectivity index (χ0) is 13.8. The monoisotopic (exact) mass is 264 g/mol. The topological polar surface area (TPSA) is 50.2 Å². The maximum Gasteiger partial charge on any atom is 0.293 e. The molecule has 0 spiro atoms. The highest BCUT2D eigenvalue weighted by Crippen LogP contribution is 2.15. The van der Waals surface area contributed by atoms with Gasteiger partial charge < -0.3 is 14.8 Å². The predicted molar refractivity (Wildman–Crippen MR) is 77.8 cm³/mol. The first kappa shape index (κ1) is 14.1. The van der Waals surface area contributed by atoms with Gasteiger partial charge in [-0.2, -0.15) is 0 Å². The van der Waals surface area contributed by atoms with Crippen molar-refractivity contribution in [3.05, 3.63) is 22.7 Å². The quantitative estimate of drug-likeness (QED) is 0.893. The molecule has 1 aromatic heterocycles. The summed E-state index contributed by atoms with van der Waals surface area (Å²) in [6.45, 7) is 8.98. The molecule has 0 aromatic carbocycles. The number of aromatic nitrogens is 2. The molecule has 1 N–H and O–H groups in total. The number of hydrogen-bond acceptors (Lipinski definition) is 4. The molecule has 1 aromatic rings. The maximum absolute atomic E-state index is 12.4. The van der Waals surface area contributed by atoms with Crippen molar-refractivity contribution in [2.24, 2.45) is 0 Å². The molecule has 2 rings (SSSR count). The summed E-state index contributed by atoms with van der Waals surface area (Å²) in [4.78, 5) is 18.8. The zero-order valence-electron chi connectivity index (χ0n) is 12.1. The maximum atomic E-state index is 12.4. The summed E-state index contributed by atoms with van der Waals surface area (Å²) in [6, 6.07) is 0.755. The van der Waals surface area contributed by atoms with E-state index >= 15 is 0 Å². The molecular formula is C14H24N4O. The van der Waals surface area contributed by atoms with Crippen LogP contribution in [0.4, 0.5) is 5.82 Å². The number of hydrogen-bond donors (Lipinski definition) is 1. The molecule has 5 heteroatoms. The Morgan fingerprint density at radius 1 is 1.42 bits per heavy atom. The van der Waals surface area contributed by atoms with E-state index in [1.54, 1.807) is 17.0 Å². The third kappa shape index (κ3) is 3.15. The SMILES string of the molecule is CCNC1CCN(c2nccn(C(C)C)c2=O)CC1. The molecule has 0 atom stereocenters. The molecule has 2 heterocycles. The van der Waals surface area contributed by atoms with Crippen LogP contribution in [0.25, 0.3) is 0 Å². The van der Waals surface area contributed by atoms with E-state index in [2.05, 4.69) is 22.1 Å². The highest BCUT2D eigenvalue weighted by molar-refractivity contribution is 5.36. The van der Waals surface area contributed by atoms with Gasteiger partial charge in [-0.1, -0.05) is 6.92 Å². The fourth-order valence-electron chi connectivity index (χ4n) is 2.62. The summed E-state index contributed by atoms with van der Waals surface area (Å²) >= 11 is 0. The summed E-state index contributed by atoms with van der Waals surface area (Å²) in [5, 5.41) is 3.47. The van der Waals surface area contributed by atoms with Crippen LogP contribution in [0.15, 0.2) is 17.2 Å². The van der Waals surface area contributed by atoms with Crippen molar-refractivity contribution in [2.45, 2.75) is 45.7 Å². The van der Waals surface area contributed by atoms with Gasteiger partial charge in [0.05, 0.1) is 0 Å². The standard InChI is InChI=1S/C14H24N4O/c1-4-15-12-5-8-17(9-6-12)13-14(19)18(11(2)3)10-7-16-13/h7,10-12,15H,4-6,8-9H2,1-3H3. The summed E-state index contributed by atoms with van der Waals surface area (Å²) < 4.78 is 1.75. The van der Waals surface area contributed by atoms with Crippen molar-refractivity contribution in [1.29, 1.82) is 0 Å². The summed E-state index contributed by atoms with van der Waals surface area (Å²) in [5.41, 5.74) is 0.0272. The average Bonchev–Trinajstić information content (AvgIpc) is 2.40. The van der Waals surface area contributed by atoms with Crippen molar-refractivity contribution in [2.75, 3.05) is 24.5 Å². The van der Waals surface area contributed by atoms with Crippen LogP contribution in [0.1, 0.15) is 39.7 Å². The summed E-state index contributed by atoms with van der Waals surface area (Å²) in [5.74, 6) is 0.603. The van der Waals surface area contributed by atoms with Crippen LogP contribution in [0.5, 0.6) is 0 Å². The van der Waals surface area contributed by atoms with Gasteiger partial charge in [0.25, 0.3) is 5.56 Å². The van der Waals surface area contributed by atoms with Crippen LogP contribution in [0, 0.1) is 0 Å². The van der Waals surface area contributed by atoms with Crippen LogP contribution in [-0.2, 0) is 0 Å². The summed E-state index contributed by atoms with van der Waals surface area (Å²) in [7, 11) is 0. The smallest absolute Gasteiger partial charge is 0.293 e. The Labute approximate surface area is 114 Å².